The first-order chi connectivity index (χ1) is 8.29. The summed E-state index contributed by atoms with van der Waals surface area (Å²) in [5.41, 5.74) is 0. The smallest absolute Gasteiger partial charge is 0.00683 e. The Morgan fingerprint density at radius 2 is 1.94 bits per heavy atom. The van der Waals surface area contributed by atoms with E-state index in [1.54, 1.807) is 0 Å². The molecule has 0 aromatic heterocycles. The van der Waals surface area contributed by atoms with E-state index < -0.39 is 0 Å². The van der Waals surface area contributed by atoms with E-state index in [1.165, 1.54) is 56.6 Å². The van der Waals surface area contributed by atoms with Crippen molar-refractivity contribution in [2.45, 2.75) is 58.4 Å². The first-order valence-electron chi connectivity index (χ1n) is 7.60. The van der Waals surface area contributed by atoms with Gasteiger partial charge in [-0.2, -0.15) is 11.8 Å². The zero-order valence-electron chi connectivity index (χ0n) is 11.6. The molecule has 0 aliphatic heterocycles. The lowest BCUT2D eigenvalue weighted by Crippen LogP contribution is -2.33. The van der Waals surface area contributed by atoms with Crippen LogP contribution >= 0.6 is 11.8 Å². The molecule has 1 N–H and O–H groups in total. The van der Waals surface area contributed by atoms with Crippen LogP contribution < -0.4 is 5.32 Å². The second-order valence-electron chi connectivity index (χ2n) is 6.11. The molecular formula is C15H29NS. The summed E-state index contributed by atoms with van der Waals surface area (Å²) in [7, 11) is 0. The fourth-order valence-corrected chi connectivity index (χ4v) is 3.93. The second-order valence-corrected chi connectivity index (χ2v) is 7.50. The molecule has 3 atom stereocenters. The van der Waals surface area contributed by atoms with Crippen LogP contribution in [0.25, 0.3) is 0 Å². The minimum atomic E-state index is 0.889. The largest absolute Gasteiger partial charge is 0.314 e. The predicted molar refractivity (Wildman–Crippen MR) is 78.6 cm³/mol. The molecule has 100 valence electrons. The van der Waals surface area contributed by atoms with Gasteiger partial charge in [-0.05, 0) is 67.9 Å². The molecule has 0 amide bonds. The molecular weight excluding hydrogens is 226 g/mol. The van der Waals surface area contributed by atoms with Crippen LogP contribution in [-0.2, 0) is 0 Å². The molecule has 1 nitrogen and oxygen atoms in total. The Hall–Kier alpha value is 0.310. The van der Waals surface area contributed by atoms with Crippen LogP contribution in [0, 0.1) is 17.8 Å². The summed E-state index contributed by atoms with van der Waals surface area (Å²) in [4.78, 5) is 0. The van der Waals surface area contributed by atoms with Crippen molar-refractivity contribution in [1.29, 1.82) is 0 Å². The van der Waals surface area contributed by atoms with Crippen molar-refractivity contribution >= 4 is 11.8 Å². The minimum Gasteiger partial charge on any atom is -0.314 e. The lowest BCUT2D eigenvalue weighted by atomic mass is 9.73. The Labute approximate surface area is 112 Å². The molecule has 3 unspecified atom stereocenters. The van der Waals surface area contributed by atoms with E-state index in [-0.39, 0.29) is 0 Å². The molecule has 2 saturated carbocycles. The maximum absolute atomic E-state index is 3.75. The van der Waals surface area contributed by atoms with Gasteiger partial charge in [-0.1, -0.05) is 20.3 Å². The summed E-state index contributed by atoms with van der Waals surface area (Å²) < 4.78 is 0. The van der Waals surface area contributed by atoms with Crippen LogP contribution in [0.4, 0.5) is 0 Å². The molecule has 2 aliphatic carbocycles. The standard InChI is InChI=1S/C15H29NS/c1-3-17-9-8-13-10-12(2)4-5-14(13)11-16-15-6-7-15/h12-16H,3-11H2,1-2H3. The topological polar surface area (TPSA) is 12.0 Å². The highest BCUT2D eigenvalue weighted by atomic mass is 32.2. The first-order valence-corrected chi connectivity index (χ1v) is 8.76. The Balaban J connectivity index is 1.73. The van der Waals surface area contributed by atoms with Gasteiger partial charge in [0.25, 0.3) is 0 Å². The number of hydrogen-bond acceptors (Lipinski definition) is 2. The fraction of sp³-hybridized carbons (Fsp3) is 1.00. The molecule has 0 aromatic rings. The monoisotopic (exact) mass is 255 g/mol. The van der Waals surface area contributed by atoms with Crippen molar-refractivity contribution in [2.24, 2.45) is 17.8 Å². The number of nitrogens with one attached hydrogen (secondary N) is 1. The Morgan fingerprint density at radius 3 is 2.65 bits per heavy atom. The summed E-state index contributed by atoms with van der Waals surface area (Å²) in [5.74, 6) is 5.62. The van der Waals surface area contributed by atoms with E-state index in [1.807, 2.05) is 0 Å². The maximum atomic E-state index is 3.75. The van der Waals surface area contributed by atoms with Gasteiger partial charge in [0.05, 0.1) is 0 Å². The van der Waals surface area contributed by atoms with Crippen molar-refractivity contribution in [3.05, 3.63) is 0 Å². The van der Waals surface area contributed by atoms with Gasteiger partial charge in [0.15, 0.2) is 0 Å². The van der Waals surface area contributed by atoms with Crippen molar-refractivity contribution in [3.8, 4) is 0 Å². The van der Waals surface area contributed by atoms with Gasteiger partial charge in [-0.15, -0.1) is 0 Å². The third-order valence-corrected chi connectivity index (χ3v) is 5.42. The highest BCUT2D eigenvalue weighted by molar-refractivity contribution is 7.99. The zero-order chi connectivity index (χ0) is 12.1. The van der Waals surface area contributed by atoms with Crippen molar-refractivity contribution in [2.75, 3.05) is 18.1 Å². The second kappa shape index (κ2) is 7.04. The Morgan fingerprint density at radius 1 is 1.12 bits per heavy atom. The highest BCUT2D eigenvalue weighted by Crippen LogP contribution is 2.36. The molecule has 0 bridgehead atoms. The van der Waals surface area contributed by atoms with Crippen LogP contribution in [0.5, 0.6) is 0 Å². The van der Waals surface area contributed by atoms with Crippen LogP contribution in [-0.4, -0.2) is 24.1 Å². The van der Waals surface area contributed by atoms with Crippen LogP contribution in [0.1, 0.15) is 52.4 Å². The lowest BCUT2D eigenvalue weighted by molar-refractivity contribution is 0.180. The summed E-state index contributed by atoms with van der Waals surface area (Å²) in [6, 6.07) is 0.889. The molecule has 2 aliphatic rings. The Kier molecular flexibility index (Phi) is 5.68. The van der Waals surface area contributed by atoms with Gasteiger partial charge in [0.2, 0.25) is 0 Å². The first kappa shape index (κ1) is 13.7. The number of thioether (sulfide) groups is 1. The number of hydrogen-bond donors (Lipinski definition) is 1. The molecule has 17 heavy (non-hydrogen) atoms. The Bertz CT molecular complexity index is 215. The van der Waals surface area contributed by atoms with Crippen molar-refractivity contribution < 1.29 is 0 Å². The van der Waals surface area contributed by atoms with Gasteiger partial charge >= 0.3 is 0 Å². The quantitative estimate of drug-likeness (QED) is 0.692. The van der Waals surface area contributed by atoms with E-state index in [4.69, 9.17) is 0 Å². The molecule has 2 fully saturated rings. The average Bonchev–Trinajstić information content (AvgIpc) is 3.12. The van der Waals surface area contributed by atoms with Gasteiger partial charge in [0.1, 0.15) is 0 Å². The summed E-state index contributed by atoms with van der Waals surface area (Å²) >= 11 is 2.12. The van der Waals surface area contributed by atoms with Crippen molar-refractivity contribution in [1.82, 2.24) is 5.32 Å². The summed E-state index contributed by atoms with van der Waals surface area (Å²) in [6.45, 7) is 6.03. The molecule has 0 radical (unpaired) electrons. The molecule has 0 spiro atoms. The van der Waals surface area contributed by atoms with E-state index in [2.05, 4.69) is 30.9 Å². The van der Waals surface area contributed by atoms with E-state index in [0.29, 0.717) is 0 Å². The highest BCUT2D eigenvalue weighted by Gasteiger charge is 2.30. The van der Waals surface area contributed by atoms with Gasteiger partial charge in [-0.3, -0.25) is 0 Å². The third kappa shape index (κ3) is 4.82. The zero-order valence-corrected chi connectivity index (χ0v) is 12.4. The van der Waals surface area contributed by atoms with Crippen LogP contribution in [0.15, 0.2) is 0 Å². The fourth-order valence-electron chi connectivity index (χ4n) is 3.17. The molecule has 0 saturated heterocycles. The molecule has 0 heterocycles. The normalized spacial score (nSPS) is 33.9. The maximum Gasteiger partial charge on any atom is 0.00683 e. The molecule has 2 heteroatoms. The van der Waals surface area contributed by atoms with E-state index in [9.17, 15) is 0 Å². The molecule has 2 rings (SSSR count). The third-order valence-electron chi connectivity index (χ3n) is 4.49. The van der Waals surface area contributed by atoms with Crippen LogP contribution in [0.2, 0.25) is 0 Å². The molecule has 0 aromatic carbocycles. The van der Waals surface area contributed by atoms with Crippen LogP contribution in [0.3, 0.4) is 0 Å². The lowest BCUT2D eigenvalue weighted by Gasteiger charge is -2.35. The van der Waals surface area contributed by atoms with Crippen molar-refractivity contribution in [3.63, 3.8) is 0 Å². The van der Waals surface area contributed by atoms with Gasteiger partial charge in [0, 0.05) is 6.04 Å². The minimum absolute atomic E-state index is 0.889. The van der Waals surface area contributed by atoms with E-state index in [0.717, 1.165) is 23.8 Å². The van der Waals surface area contributed by atoms with Gasteiger partial charge in [-0.25, -0.2) is 0 Å². The SMILES string of the molecule is CCSCCC1CC(C)CCC1CNC1CC1. The van der Waals surface area contributed by atoms with Gasteiger partial charge < -0.3 is 5.32 Å². The summed E-state index contributed by atoms with van der Waals surface area (Å²) in [6.07, 6.45) is 8.75. The van der Waals surface area contributed by atoms with E-state index >= 15 is 0 Å². The number of rotatable bonds is 7. The predicted octanol–water partition coefficient (Wildman–Crippen LogP) is 3.93. The average molecular weight is 255 g/mol. The summed E-state index contributed by atoms with van der Waals surface area (Å²) in [5, 5.41) is 3.75.